The van der Waals surface area contributed by atoms with Gasteiger partial charge in [0.1, 0.15) is 24.1 Å². The minimum atomic E-state index is -1.76. The number of carboxylic acids is 1. The first-order valence-electron chi connectivity index (χ1n) is 10.0. The average molecular weight is 427 g/mol. The van der Waals surface area contributed by atoms with Crippen molar-refractivity contribution in [1.82, 2.24) is 0 Å². The maximum Gasteiger partial charge on any atom is 0.335 e. The highest BCUT2D eigenvalue weighted by atomic mass is 16.7. The highest BCUT2D eigenvalue weighted by molar-refractivity contribution is 5.73. The van der Waals surface area contributed by atoms with Gasteiger partial charge in [0.05, 0.1) is 12.2 Å². The van der Waals surface area contributed by atoms with Gasteiger partial charge < -0.3 is 34.6 Å². The molecule has 4 N–H and O–H groups in total. The van der Waals surface area contributed by atoms with Crippen LogP contribution in [0.15, 0.2) is 18.2 Å². The minimum Gasteiger partial charge on any atom is -0.479 e. The van der Waals surface area contributed by atoms with Gasteiger partial charge in [-0.3, -0.25) is 0 Å². The summed E-state index contributed by atoms with van der Waals surface area (Å²) in [6, 6.07) is 5.48. The molecular weight excluding hydrogens is 392 g/mol. The van der Waals surface area contributed by atoms with Crippen LogP contribution < -0.4 is 4.74 Å². The van der Waals surface area contributed by atoms with Crippen molar-refractivity contribution in [2.24, 2.45) is 5.41 Å². The third-order valence-corrected chi connectivity index (χ3v) is 4.57. The molecular formula is C22H34O8. The zero-order chi connectivity index (χ0) is 22.9. The molecule has 1 aliphatic rings. The summed E-state index contributed by atoms with van der Waals surface area (Å²) < 4.78 is 16.9. The van der Waals surface area contributed by atoms with Crippen LogP contribution in [0.3, 0.4) is 0 Å². The SMILES string of the molecule is CC(C)(C)Cc1cc(COC(C)(C)C)ccc1OC1OC(C(=O)O)C(O)C(O)C1O. The molecule has 8 nitrogen and oxygen atoms in total. The molecule has 0 bridgehead atoms. The standard InChI is InChI=1S/C22H34O8/c1-21(2,3)10-13-9-12(11-28-22(4,5)6)7-8-14(13)29-20-17(25)15(23)16(24)18(30-20)19(26)27/h7-9,15-18,20,23-25H,10-11H2,1-6H3,(H,26,27). The van der Waals surface area contributed by atoms with Crippen LogP contribution in [0.5, 0.6) is 5.75 Å². The van der Waals surface area contributed by atoms with Gasteiger partial charge in [-0.15, -0.1) is 0 Å². The zero-order valence-electron chi connectivity index (χ0n) is 18.5. The predicted octanol–water partition coefficient (Wildman–Crippen LogP) is 1.86. The maximum atomic E-state index is 11.3. The molecule has 0 radical (unpaired) electrons. The van der Waals surface area contributed by atoms with Crippen LogP contribution in [0.25, 0.3) is 0 Å². The summed E-state index contributed by atoms with van der Waals surface area (Å²) in [5.74, 6) is -1.05. The zero-order valence-corrected chi connectivity index (χ0v) is 18.5. The molecule has 0 amide bonds. The Labute approximate surface area is 177 Å². The fourth-order valence-electron chi connectivity index (χ4n) is 3.12. The van der Waals surface area contributed by atoms with E-state index in [1.54, 1.807) is 6.07 Å². The number of ether oxygens (including phenoxy) is 3. The van der Waals surface area contributed by atoms with E-state index in [0.717, 1.165) is 11.1 Å². The Morgan fingerprint density at radius 2 is 1.67 bits per heavy atom. The van der Waals surface area contributed by atoms with E-state index in [1.807, 2.05) is 32.9 Å². The summed E-state index contributed by atoms with van der Waals surface area (Å²) in [6.45, 7) is 12.5. The molecule has 1 fully saturated rings. The lowest BCUT2D eigenvalue weighted by Gasteiger charge is -2.38. The van der Waals surface area contributed by atoms with Crippen molar-refractivity contribution in [3.63, 3.8) is 0 Å². The molecule has 1 aromatic carbocycles. The van der Waals surface area contributed by atoms with Crippen LogP contribution in [0.2, 0.25) is 0 Å². The fourth-order valence-corrected chi connectivity index (χ4v) is 3.12. The number of hydrogen-bond acceptors (Lipinski definition) is 7. The number of carbonyl (C=O) groups is 1. The van der Waals surface area contributed by atoms with Crippen LogP contribution >= 0.6 is 0 Å². The summed E-state index contributed by atoms with van der Waals surface area (Å²) >= 11 is 0. The molecule has 170 valence electrons. The quantitative estimate of drug-likeness (QED) is 0.543. The summed E-state index contributed by atoms with van der Waals surface area (Å²) in [7, 11) is 0. The normalized spacial score (nSPS) is 27.7. The molecule has 5 atom stereocenters. The van der Waals surface area contributed by atoms with Gasteiger partial charge >= 0.3 is 5.97 Å². The summed E-state index contributed by atoms with van der Waals surface area (Å²) in [4.78, 5) is 11.3. The molecule has 5 unspecified atom stereocenters. The van der Waals surface area contributed by atoms with Crippen LogP contribution in [0.1, 0.15) is 52.7 Å². The molecule has 8 heteroatoms. The van der Waals surface area contributed by atoms with Crippen molar-refractivity contribution >= 4 is 5.97 Å². The monoisotopic (exact) mass is 426 g/mol. The lowest BCUT2D eigenvalue weighted by molar-refractivity contribution is -0.271. The Hall–Kier alpha value is -1.71. The highest BCUT2D eigenvalue weighted by Gasteiger charge is 2.48. The Morgan fingerprint density at radius 1 is 1.03 bits per heavy atom. The van der Waals surface area contributed by atoms with Crippen molar-refractivity contribution in [3.05, 3.63) is 29.3 Å². The summed E-state index contributed by atoms with van der Waals surface area (Å²) in [6.07, 6.45) is -7.60. The van der Waals surface area contributed by atoms with E-state index in [-0.39, 0.29) is 11.0 Å². The van der Waals surface area contributed by atoms with E-state index in [0.29, 0.717) is 18.8 Å². The van der Waals surface area contributed by atoms with E-state index >= 15 is 0 Å². The number of carboxylic acid groups (broad SMARTS) is 1. The van der Waals surface area contributed by atoms with Crippen LogP contribution in [-0.2, 0) is 27.3 Å². The minimum absolute atomic E-state index is 0.0764. The highest BCUT2D eigenvalue weighted by Crippen LogP contribution is 2.32. The molecule has 0 aliphatic carbocycles. The fraction of sp³-hybridized carbons (Fsp3) is 0.682. The number of aliphatic hydroxyl groups is 3. The van der Waals surface area contributed by atoms with Crippen molar-refractivity contribution in [1.29, 1.82) is 0 Å². The topological polar surface area (TPSA) is 126 Å². The first-order chi connectivity index (χ1) is 13.7. The molecule has 0 spiro atoms. The molecule has 1 aromatic rings. The van der Waals surface area contributed by atoms with E-state index in [9.17, 15) is 25.2 Å². The molecule has 30 heavy (non-hydrogen) atoms. The van der Waals surface area contributed by atoms with Gasteiger partial charge in [-0.05, 0) is 55.9 Å². The lowest BCUT2D eigenvalue weighted by atomic mass is 9.87. The number of benzene rings is 1. The summed E-state index contributed by atoms with van der Waals surface area (Å²) in [5.41, 5.74) is 1.41. The first kappa shape index (κ1) is 24.6. The largest absolute Gasteiger partial charge is 0.479 e. The molecule has 1 saturated heterocycles. The molecule has 0 aromatic heterocycles. The van der Waals surface area contributed by atoms with E-state index in [1.165, 1.54) is 0 Å². The Morgan fingerprint density at radius 3 is 2.20 bits per heavy atom. The van der Waals surface area contributed by atoms with Crippen molar-refractivity contribution in [2.75, 3.05) is 0 Å². The Kier molecular flexibility index (Phi) is 7.53. The predicted molar refractivity (Wildman–Crippen MR) is 109 cm³/mol. The first-order valence-corrected chi connectivity index (χ1v) is 10.0. The van der Waals surface area contributed by atoms with E-state index in [4.69, 9.17) is 14.2 Å². The maximum absolute atomic E-state index is 11.3. The van der Waals surface area contributed by atoms with Gasteiger partial charge in [-0.25, -0.2) is 4.79 Å². The molecule has 1 aliphatic heterocycles. The third-order valence-electron chi connectivity index (χ3n) is 4.57. The number of aliphatic carboxylic acids is 1. The van der Waals surface area contributed by atoms with Gasteiger partial charge in [0, 0.05) is 0 Å². The summed E-state index contributed by atoms with van der Waals surface area (Å²) in [5, 5.41) is 39.3. The molecule has 2 rings (SSSR count). The van der Waals surface area contributed by atoms with Crippen molar-refractivity contribution < 1.29 is 39.4 Å². The van der Waals surface area contributed by atoms with Crippen LogP contribution in [0, 0.1) is 5.41 Å². The molecule has 1 heterocycles. The smallest absolute Gasteiger partial charge is 0.335 e. The number of rotatable bonds is 6. The van der Waals surface area contributed by atoms with Crippen molar-refractivity contribution in [3.8, 4) is 5.75 Å². The van der Waals surface area contributed by atoms with Gasteiger partial charge in [0.2, 0.25) is 6.29 Å². The van der Waals surface area contributed by atoms with Gasteiger partial charge in [-0.1, -0.05) is 26.8 Å². The Bertz CT molecular complexity index is 734. The van der Waals surface area contributed by atoms with E-state index in [2.05, 4.69) is 20.8 Å². The number of hydrogen-bond donors (Lipinski definition) is 4. The van der Waals surface area contributed by atoms with Gasteiger partial charge in [-0.2, -0.15) is 0 Å². The van der Waals surface area contributed by atoms with Crippen LogP contribution in [-0.4, -0.2) is 62.7 Å². The second kappa shape index (κ2) is 9.20. The second-order valence-electron chi connectivity index (χ2n) is 9.93. The van der Waals surface area contributed by atoms with Crippen LogP contribution in [0.4, 0.5) is 0 Å². The lowest BCUT2D eigenvalue weighted by Crippen LogP contribution is -2.61. The average Bonchev–Trinajstić information content (AvgIpc) is 2.59. The second-order valence-corrected chi connectivity index (χ2v) is 9.93. The van der Waals surface area contributed by atoms with Gasteiger partial charge in [0.25, 0.3) is 0 Å². The molecule has 0 saturated carbocycles. The number of aliphatic hydroxyl groups excluding tert-OH is 3. The van der Waals surface area contributed by atoms with Crippen molar-refractivity contribution in [2.45, 2.75) is 90.9 Å². The third kappa shape index (κ3) is 6.65. The van der Waals surface area contributed by atoms with E-state index < -0.39 is 36.7 Å². The Balaban J connectivity index is 2.29. The van der Waals surface area contributed by atoms with Gasteiger partial charge in [0.15, 0.2) is 6.10 Å².